The monoisotopic (exact) mass is 247 g/mol. The maximum atomic E-state index is 12.2. The van der Waals surface area contributed by atoms with Gasteiger partial charge in [-0.15, -0.1) is 0 Å². The standard InChI is InChI=1S/C14H21N3O/c1-11-4-7-16(8-5-11)14(18)10-12(2)17-9-6-15-13(17)3/h4,6,9,12H,5,7-8,10H2,1-3H3. The van der Waals surface area contributed by atoms with Crippen LogP contribution in [0.4, 0.5) is 0 Å². The molecule has 0 N–H and O–H groups in total. The molecular formula is C14H21N3O. The second kappa shape index (κ2) is 5.38. The van der Waals surface area contributed by atoms with Gasteiger partial charge in [-0.1, -0.05) is 11.6 Å². The van der Waals surface area contributed by atoms with Crippen molar-refractivity contribution in [1.82, 2.24) is 14.5 Å². The number of carbonyl (C=O) groups is 1. The minimum atomic E-state index is 0.173. The van der Waals surface area contributed by atoms with Crippen LogP contribution < -0.4 is 0 Å². The van der Waals surface area contributed by atoms with Crippen LogP contribution in [0.1, 0.15) is 38.6 Å². The molecule has 1 unspecified atom stereocenters. The molecule has 2 heterocycles. The van der Waals surface area contributed by atoms with Gasteiger partial charge in [0.2, 0.25) is 5.91 Å². The Hall–Kier alpha value is -1.58. The molecule has 0 bridgehead atoms. The molecule has 1 aliphatic heterocycles. The van der Waals surface area contributed by atoms with E-state index in [0.717, 1.165) is 25.3 Å². The Morgan fingerprint density at radius 3 is 2.83 bits per heavy atom. The summed E-state index contributed by atoms with van der Waals surface area (Å²) in [5.41, 5.74) is 1.39. The highest BCUT2D eigenvalue weighted by Crippen LogP contribution is 2.17. The van der Waals surface area contributed by atoms with Crippen molar-refractivity contribution in [2.24, 2.45) is 0 Å². The zero-order chi connectivity index (χ0) is 13.1. The SMILES string of the molecule is CC1=CCN(C(=O)CC(C)n2ccnc2C)CC1. The summed E-state index contributed by atoms with van der Waals surface area (Å²) in [5, 5.41) is 0. The summed E-state index contributed by atoms with van der Waals surface area (Å²) in [6.07, 6.45) is 7.42. The van der Waals surface area contributed by atoms with Gasteiger partial charge in [0, 0.05) is 37.9 Å². The van der Waals surface area contributed by atoms with Crippen molar-refractivity contribution in [2.75, 3.05) is 13.1 Å². The first kappa shape index (κ1) is 12.9. The fraction of sp³-hybridized carbons (Fsp3) is 0.571. The highest BCUT2D eigenvalue weighted by Gasteiger charge is 2.19. The summed E-state index contributed by atoms with van der Waals surface area (Å²) in [5.74, 6) is 1.20. The number of nitrogens with zero attached hydrogens (tertiary/aromatic N) is 3. The number of aryl methyl sites for hydroxylation is 1. The lowest BCUT2D eigenvalue weighted by Crippen LogP contribution is -2.35. The second-order valence-corrected chi connectivity index (χ2v) is 5.08. The Labute approximate surface area is 108 Å². The molecule has 1 atom stereocenters. The fourth-order valence-electron chi connectivity index (χ4n) is 2.33. The summed E-state index contributed by atoms with van der Waals surface area (Å²) in [4.78, 5) is 18.3. The van der Waals surface area contributed by atoms with Crippen LogP contribution in [0.25, 0.3) is 0 Å². The molecule has 98 valence electrons. The summed E-state index contributed by atoms with van der Waals surface area (Å²) >= 11 is 0. The molecule has 0 fully saturated rings. The third kappa shape index (κ3) is 2.81. The summed E-state index contributed by atoms with van der Waals surface area (Å²) in [6.45, 7) is 7.78. The van der Waals surface area contributed by atoms with E-state index in [1.165, 1.54) is 5.57 Å². The van der Waals surface area contributed by atoms with Crippen LogP contribution in [-0.2, 0) is 4.79 Å². The lowest BCUT2D eigenvalue weighted by Gasteiger charge is -2.27. The Bertz CT molecular complexity index is 461. The predicted molar refractivity (Wildman–Crippen MR) is 71.2 cm³/mol. The van der Waals surface area contributed by atoms with Crippen molar-refractivity contribution < 1.29 is 4.79 Å². The Morgan fingerprint density at radius 2 is 2.28 bits per heavy atom. The molecule has 2 rings (SSSR count). The van der Waals surface area contributed by atoms with E-state index < -0.39 is 0 Å². The summed E-state index contributed by atoms with van der Waals surface area (Å²) in [6, 6.07) is 0.173. The summed E-state index contributed by atoms with van der Waals surface area (Å²) < 4.78 is 2.06. The average Bonchev–Trinajstić information content (AvgIpc) is 2.76. The molecule has 1 aromatic rings. The van der Waals surface area contributed by atoms with Crippen molar-refractivity contribution in [3.8, 4) is 0 Å². The van der Waals surface area contributed by atoms with E-state index in [2.05, 4.69) is 29.5 Å². The van der Waals surface area contributed by atoms with Gasteiger partial charge in [-0.2, -0.15) is 0 Å². The van der Waals surface area contributed by atoms with E-state index in [-0.39, 0.29) is 11.9 Å². The van der Waals surface area contributed by atoms with Gasteiger partial charge < -0.3 is 9.47 Å². The molecule has 0 saturated heterocycles. The molecule has 0 aliphatic carbocycles. The number of hydrogen-bond donors (Lipinski definition) is 0. The summed E-state index contributed by atoms with van der Waals surface area (Å²) in [7, 11) is 0. The molecule has 4 nitrogen and oxygen atoms in total. The molecule has 0 spiro atoms. The first-order chi connectivity index (χ1) is 8.58. The van der Waals surface area contributed by atoms with E-state index >= 15 is 0 Å². The van der Waals surface area contributed by atoms with Crippen molar-refractivity contribution in [1.29, 1.82) is 0 Å². The number of rotatable bonds is 3. The van der Waals surface area contributed by atoms with Gasteiger partial charge in [-0.25, -0.2) is 4.98 Å². The topological polar surface area (TPSA) is 38.1 Å². The molecule has 18 heavy (non-hydrogen) atoms. The molecule has 1 amide bonds. The van der Waals surface area contributed by atoms with Crippen molar-refractivity contribution >= 4 is 5.91 Å². The van der Waals surface area contributed by atoms with Crippen LogP contribution in [0.5, 0.6) is 0 Å². The molecular weight excluding hydrogens is 226 g/mol. The number of imidazole rings is 1. The van der Waals surface area contributed by atoms with Gasteiger partial charge in [0.15, 0.2) is 0 Å². The van der Waals surface area contributed by atoms with Gasteiger partial charge in [0.05, 0.1) is 0 Å². The predicted octanol–water partition coefficient (Wildman–Crippen LogP) is 2.32. The van der Waals surface area contributed by atoms with Gasteiger partial charge in [-0.05, 0) is 27.2 Å². The lowest BCUT2D eigenvalue weighted by atomic mass is 10.1. The average molecular weight is 247 g/mol. The maximum absolute atomic E-state index is 12.2. The van der Waals surface area contributed by atoms with Gasteiger partial charge in [0.25, 0.3) is 0 Å². The molecule has 0 aromatic carbocycles. The van der Waals surface area contributed by atoms with Gasteiger partial charge in [-0.3, -0.25) is 4.79 Å². The van der Waals surface area contributed by atoms with E-state index in [0.29, 0.717) is 6.42 Å². The third-order valence-electron chi connectivity index (χ3n) is 3.60. The zero-order valence-electron chi connectivity index (χ0n) is 11.4. The highest BCUT2D eigenvalue weighted by molar-refractivity contribution is 5.77. The van der Waals surface area contributed by atoms with Crippen LogP contribution in [-0.4, -0.2) is 33.4 Å². The Morgan fingerprint density at radius 1 is 1.50 bits per heavy atom. The van der Waals surface area contributed by atoms with Crippen molar-refractivity contribution in [2.45, 2.75) is 39.7 Å². The van der Waals surface area contributed by atoms with Crippen molar-refractivity contribution in [3.63, 3.8) is 0 Å². The number of aromatic nitrogens is 2. The Balaban J connectivity index is 1.94. The maximum Gasteiger partial charge on any atom is 0.224 e. The number of carbonyl (C=O) groups excluding carboxylic acids is 1. The molecule has 1 aromatic heterocycles. The smallest absolute Gasteiger partial charge is 0.224 e. The molecule has 4 heteroatoms. The van der Waals surface area contributed by atoms with Crippen LogP contribution in [0.2, 0.25) is 0 Å². The quantitative estimate of drug-likeness (QED) is 0.769. The Kier molecular flexibility index (Phi) is 3.84. The zero-order valence-corrected chi connectivity index (χ0v) is 11.4. The van der Waals surface area contributed by atoms with E-state index in [1.807, 2.05) is 18.0 Å². The van der Waals surface area contributed by atoms with Gasteiger partial charge >= 0.3 is 0 Å². The van der Waals surface area contributed by atoms with E-state index in [9.17, 15) is 4.79 Å². The van der Waals surface area contributed by atoms with Crippen molar-refractivity contribution in [3.05, 3.63) is 29.9 Å². The third-order valence-corrected chi connectivity index (χ3v) is 3.60. The van der Waals surface area contributed by atoms with Crippen LogP contribution in [0.15, 0.2) is 24.0 Å². The number of amides is 1. The first-order valence-corrected chi connectivity index (χ1v) is 6.50. The lowest BCUT2D eigenvalue weighted by molar-refractivity contribution is -0.131. The normalized spacial score (nSPS) is 17.5. The molecule has 0 saturated carbocycles. The minimum Gasteiger partial charge on any atom is -0.339 e. The second-order valence-electron chi connectivity index (χ2n) is 5.08. The largest absolute Gasteiger partial charge is 0.339 e. The van der Waals surface area contributed by atoms with E-state index in [4.69, 9.17) is 0 Å². The van der Waals surface area contributed by atoms with E-state index in [1.54, 1.807) is 6.20 Å². The van der Waals surface area contributed by atoms with Crippen LogP contribution in [0, 0.1) is 6.92 Å². The van der Waals surface area contributed by atoms with Gasteiger partial charge in [0.1, 0.15) is 5.82 Å². The first-order valence-electron chi connectivity index (χ1n) is 6.50. The van der Waals surface area contributed by atoms with Crippen LogP contribution >= 0.6 is 0 Å². The minimum absolute atomic E-state index is 0.173. The molecule has 0 radical (unpaired) electrons. The number of hydrogen-bond acceptors (Lipinski definition) is 2. The van der Waals surface area contributed by atoms with Crippen LogP contribution in [0.3, 0.4) is 0 Å². The highest BCUT2D eigenvalue weighted by atomic mass is 16.2. The molecule has 1 aliphatic rings. The fourth-order valence-corrected chi connectivity index (χ4v) is 2.33.